The second-order valence-electron chi connectivity index (χ2n) is 7.96. The lowest BCUT2D eigenvalue weighted by Crippen LogP contribution is -2.35. The first-order valence-corrected chi connectivity index (χ1v) is 9.68. The summed E-state index contributed by atoms with van der Waals surface area (Å²) < 4.78 is 39.5. The van der Waals surface area contributed by atoms with E-state index in [2.05, 4.69) is 25.1 Å². The van der Waals surface area contributed by atoms with E-state index in [-0.39, 0.29) is 5.92 Å². The zero-order valence-electron chi connectivity index (χ0n) is 15.7. The standard InChI is InChI=1S/C23H24F3N/c1-3-14-4-5-15(11-21(14)13(2)27)22-12-16-10-17(23(24,25)26)6-7-18(16)19-8-9-20(19)22/h4-7,10-11,19-20,22,27H,3,8-9,12H2,1-2H3. The highest BCUT2D eigenvalue weighted by molar-refractivity contribution is 5.97. The summed E-state index contributed by atoms with van der Waals surface area (Å²) in [5, 5.41) is 8.08. The Morgan fingerprint density at radius 3 is 2.44 bits per heavy atom. The van der Waals surface area contributed by atoms with Crippen molar-refractivity contribution in [2.24, 2.45) is 5.92 Å². The van der Waals surface area contributed by atoms with Gasteiger partial charge in [-0.25, -0.2) is 0 Å². The van der Waals surface area contributed by atoms with Gasteiger partial charge >= 0.3 is 6.18 Å². The molecule has 1 saturated carbocycles. The zero-order chi connectivity index (χ0) is 19.3. The van der Waals surface area contributed by atoms with E-state index in [1.807, 2.05) is 0 Å². The monoisotopic (exact) mass is 371 g/mol. The van der Waals surface area contributed by atoms with Gasteiger partial charge in [-0.2, -0.15) is 13.2 Å². The topological polar surface area (TPSA) is 23.9 Å². The minimum atomic E-state index is -4.30. The molecule has 2 aromatic carbocycles. The van der Waals surface area contributed by atoms with Gasteiger partial charge in [-0.05, 0) is 96.4 Å². The van der Waals surface area contributed by atoms with E-state index in [0.29, 0.717) is 24.0 Å². The van der Waals surface area contributed by atoms with Crippen molar-refractivity contribution in [2.75, 3.05) is 0 Å². The van der Waals surface area contributed by atoms with Crippen molar-refractivity contribution < 1.29 is 13.2 Å². The average molecular weight is 371 g/mol. The largest absolute Gasteiger partial charge is 0.416 e. The summed E-state index contributed by atoms with van der Waals surface area (Å²) >= 11 is 0. The Morgan fingerprint density at radius 1 is 1.07 bits per heavy atom. The smallest absolute Gasteiger partial charge is 0.305 e. The maximum absolute atomic E-state index is 13.2. The van der Waals surface area contributed by atoms with E-state index in [0.717, 1.165) is 41.5 Å². The molecule has 0 saturated heterocycles. The maximum Gasteiger partial charge on any atom is 0.416 e. The van der Waals surface area contributed by atoms with Crippen molar-refractivity contribution in [3.63, 3.8) is 0 Å². The minimum absolute atomic E-state index is 0.240. The molecule has 0 radical (unpaired) electrons. The number of benzene rings is 2. The van der Waals surface area contributed by atoms with Gasteiger partial charge in [0.15, 0.2) is 0 Å². The third kappa shape index (κ3) is 3.09. The minimum Gasteiger partial charge on any atom is -0.305 e. The number of hydrogen-bond acceptors (Lipinski definition) is 1. The van der Waals surface area contributed by atoms with Crippen LogP contribution in [0.4, 0.5) is 13.2 Å². The van der Waals surface area contributed by atoms with Gasteiger partial charge in [-0.15, -0.1) is 0 Å². The van der Waals surface area contributed by atoms with Gasteiger partial charge in [-0.3, -0.25) is 0 Å². The van der Waals surface area contributed by atoms with Gasteiger partial charge in [0.25, 0.3) is 0 Å². The highest BCUT2D eigenvalue weighted by Gasteiger charge is 2.44. The number of nitrogens with one attached hydrogen (secondary N) is 1. The molecule has 0 heterocycles. The molecule has 1 fully saturated rings. The summed E-state index contributed by atoms with van der Waals surface area (Å²) in [6, 6.07) is 10.6. The van der Waals surface area contributed by atoms with Crippen LogP contribution in [0.15, 0.2) is 36.4 Å². The molecule has 4 heteroatoms. The predicted molar refractivity (Wildman–Crippen MR) is 102 cm³/mol. The third-order valence-corrected chi connectivity index (χ3v) is 6.50. The maximum atomic E-state index is 13.2. The molecule has 0 aromatic heterocycles. The Labute approximate surface area is 158 Å². The normalized spacial score (nSPS) is 24.0. The van der Waals surface area contributed by atoms with Gasteiger partial charge in [0.2, 0.25) is 0 Å². The summed E-state index contributed by atoms with van der Waals surface area (Å²) in [4.78, 5) is 0. The lowest BCUT2D eigenvalue weighted by Gasteiger charge is -2.47. The predicted octanol–water partition coefficient (Wildman–Crippen LogP) is 6.49. The number of halogens is 3. The van der Waals surface area contributed by atoms with Crippen molar-refractivity contribution in [1.82, 2.24) is 0 Å². The second-order valence-corrected chi connectivity index (χ2v) is 7.96. The van der Waals surface area contributed by atoms with E-state index in [1.165, 1.54) is 17.7 Å². The molecule has 142 valence electrons. The van der Waals surface area contributed by atoms with Crippen LogP contribution in [0.25, 0.3) is 0 Å². The van der Waals surface area contributed by atoms with Crippen LogP contribution in [0, 0.1) is 11.3 Å². The van der Waals surface area contributed by atoms with Crippen LogP contribution < -0.4 is 0 Å². The van der Waals surface area contributed by atoms with Crippen LogP contribution in [-0.2, 0) is 19.0 Å². The van der Waals surface area contributed by atoms with Crippen LogP contribution in [0.2, 0.25) is 0 Å². The highest BCUT2D eigenvalue weighted by atomic mass is 19.4. The molecule has 0 bridgehead atoms. The summed E-state index contributed by atoms with van der Waals surface area (Å²) in [7, 11) is 0. The zero-order valence-corrected chi connectivity index (χ0v) is 15.7. The van der Waals surface area contributed by atoms with Gasteiger partial charge in [0, 0.05) is 5.71 Å². The Hall–Kier alpha value is -2.10. The van der Waals surface area contributed by atoms with Gasteiger partial charge in [-0.1, -0.05) is 25.1 Å². The molecule has 1 nitrogen and oxygen atoms in total. The fourth-order valence-electron chi connectivity index (χ4n) is 4.95. The summed E-state index contributed by atoms with van der Waals surface area (Å²) in [5.41, 5.74) is 5.27. The summed E-state index contributed by atoms with van der Waals surface area (Å²) in [5.74, 6) is 1.11. The number of rotatable bonds is 3. The van der Waals surface area contributed by atoms with Gasteiger partial charge in [0.1, 0.15) is 0 Å². The van der Waals surface area contributed by atoms with Gasteiger partial charge in [0.05, 0.1) is 5.56 Å². The van der Waals surface area contributed by atoms with Crippen LogP contribution >= 0.6 is 0 Å². The highest BCUT2D eigenvalue weighted by Crippen LogP contribution is 2.55. The molecule has 3 atom stereocenters. The molecular weight excluding hydrogens is 347 g/mol. The van der Waals surface area contributed by atoms with Crippen LogP contribution in [-0.4, -0.2) is 5.71 Å². The number of hydrogen-bond donors (Lipinski definition) is 1. The van der Waals surface area contributed by atoms with Crippen molar-refractivity contribution >= 4 is 5.71 Å². The van der Waals surface area contributed by atoms with E-state index < -0.39 is 11.7 Å². The van der Waals surface area contributed by atoms with Crippen LogP contribution in [0.1, 0.15) is 71.9 Å². The van der Waals surface area contributed by atoms with Gasteiger partial charge < -0.3 is 5.41 Å². The molecule has 1 N–H and O–H groups in total. The van der Waals surface area contributed by atoms with Crippen molar-refractivity contribution in [3.8, 4) is 0 Å². The molecule has 2 aromatic rings. The van der Waals surface area contributed by atoms with Crippen LogP contribution in [0.5, 0.6) is 0 Å². The van der Waals surface area contributed by atoms with E-state index in [4.69, 9.17) is 5.41 Å². The molecule has 4 rings (SSSR count). The molecule has 2 aliphatic rings. The lowest BCUT2D eigenvalue weighted by atomic mass is 9.57. The Morgan fingerprint density at radius 2 is 1.85 bits per heavy atom. The Kier molecular flexibility index (Phi) is 4.40. The van der Waals surface area contributed by atoms with E-state index in [1.54, 1.807) is 13.0 Å². The summed E-state index contributed by atoms with van der Waals surface area (Å²) in [6.07, 6.45) is -0.579. The Balaban J connectivity index is 1.74. The number of alkyl halides is 3. The molecule has 0 spiro atoms. The second kappa shape index (κ2) is 6.50. The fourth-order valence-corrected chi connectivity index (χ4v) is 4.95. The SMILES string of the molecule is CCc1ccc(C2Cc3cc(C(F)(F)F)ccc3C3CCC23)cc1C(C)=N. The first-order valence-electron chi connectivity index (χ1n) is 9.68. The molecule has 0 aliphatic heterocycles. The van der Waals surface area contributed by atoms with Crippen molar-refractivity contribution in [2.45, 2.75) is 57.5 Å². The quantitative estimate of drug-likeness (QED) is 0.596. The first kappa shape index (κ1) is 18.3. The van der Waals surface area contributed by atoms with Crippen molar-refractivity contribution in [3.05, 3.63) is 69.8 Å². The Bertz CT molecular complexity index is 897. The van der Waals surface area contributed by atoms with Crippen LogP contribution in [0.3, 0.4) is 0 Å². The molecular formula is C23H24F3N. The third-order valence-electron chi connectivity index (χ3n) is 6.50. The average Bonchev–Trinajstić information content (AvgIpc) is 2.59. The van der Waals surface area contributed by atoms with E-state index in [9.17, 15) is 13.2 Å². The fraction of sp³-hybridized carbons (Fsp3) is 0.435. The lowest BCUT2D eigenvalue weighted by molar-refractivity contribution is -0.137. The first-order chi connectivity index (χ1) is 12.8. The number of aryl methyl sites for hydroxylation is 1. The number of fused-ring (bicyclic) bond motifs is 3. The molecule has 3 unspecified atom stereocenters. The van der Waals surface area contributed by atoms with Crippen molar-refractivity contribution in [1.29, 1.82) is 5.41 Å². The van der Waals surface area contributed by atoms with E-state index >= 15 is 0 Å². The molecule has 0 amide bonds. The molecule has 2 aliphatic carbocycles. The molecule has 27 heavy (non-hydrogen) atoms. The summed E-state index contributed by atoms with van der Waals surface area (Å²) in [6.45, 7) is 3.88.